The number of carbonyl (C=O) groups excluding carboxylic acids is 1. The van der Waals surface area contributed by atoms with E-state index in [-0.39, 0.29) is 15.8 Å². The lowest BCUT2D eigenvalue weighted by atomic mass is 10.3. The summed E-state index contributed by atoms with van der Waals surface area (Å²) in [6.07, 6.45) is 0.636. The van der Waals surface area contributed by atoms with Crippen molar-refractivity contribution in [1.82, 2.24) is 4.31 Å². The van der Waals surface area contributed by atoms with E-state index in [1.54, 1.807) is 5.38 Å². The summed E-state index contributed by atoms with van der Waals surface area (Å²) in [5.41, 5.74) is 5.70. The molecular formula is C10H14N2O4S2. The van der Waals surface area contributed by atoms with Gasteiger partial charge < -0.3 is 10.5 Å². The minimum atomic E-state index is -3.65. The van der Waals surface area contributed by atoms with Crippen molar-refractivity contribution in [2.75, 3.05) is 20.2 Å². The molecule has 6 nitrogen and oxygen atoms in total. The first-order valence-electron chi connectivity index (χ1n) is 5.38. The number of hydrogen-bond donors (Lipinski definition) is 1. The summed E-state index contributed by atoms with van der Waals surface area (Å²) in [7, 11) is -2.42. The molecule has 1 saturated heterocycles. The second-order valence-electron chi connectivity index (χ2n) is 4.02. The van der Waals surface area contributed by atoms with Gasteiger partial charge in [0.25, 0.3) is 0 Å². The topological polar surface area (TPSA) is 89.7 Å². The molecular weight excluding hydrogens is 276 g/mol. The summed E-state index contributed by atoms with van der Waals surface area (Å²) < 4.78 is 30.6. The summed E-state index contributed by atoms with van der Waals surface area (Å²) in [5.74, 6) is -0.632. The van der Waals surface area contributed by atoms with E-state index in [0.29, 0.717) is 19.5 Å². The van der Waals surface area contributed by atoms with E-state index in [9.17, 15) is 13.2 Å². The van der Waals surface area contributed by atoms with E-state index >= 15 is 0 Å². The van der Waals surface area contributed by atoms with Crippen molar-refractivity contribution >= 4 is 27.3 Å². The van der Waals surface area contributed by atoms with Crippen molar-refractivity contribution in [3.8, 4) is 0 Å². The Morgan fingerprint density at radius 2 is 2.33 bits per heavy atom. The van der Waals surface area contributed by atoms with E-state index in [1.165, 1.54) is 17.5 Å². The average Bonchev–Trinajstić information content (AvgIpc) is 2.96. The lowest BCUT2D eigenvalue weighted by molar-refractivity contribution is 0.0602. The van der Waals surface area contributed by atoms with E-state index in [1.807, 2.05) is 0 Å². The van der Waals surface area contributed by atoms with Crippen molar-refractivity contribution in [2.24, 2.45) is 5.73 Å². The second-order valence-corrected chi connectivity index (χ2v) is 6.84. The van der Waals surface area contributed by atoms with Crippen molar-refractivity contribution < 1.29 is 17.9 Å². The van der Waals surface area contributed by atoms with Gasteiger partial charge in [0, 0.05) is 19.1 Å². The Morgan fingerprint density at radius 3 is 2.89 bits per heavy atom. The van der Waals surface area contributed by atoms with Gasteiger partial charge >= 0.3 is 5.97 Å². The number of ether oxygens (including phenoxy) is 1. The third-order valence-electron chi connectivity index (χ3n) is 2.81. The van der Waals surface area contributed by atoms with E-state index < -0.39 is 16.0 Å². The fourth-order valence-electron chi connectivity index (χ4n) is 1.85. The number of thiophene rings is 1. The first-order chi connectivity index (χ1) is 8.46. The van der Waals surface area contributed by atoms with Crippen LogP contribution in [0.2, 0.25) is 0 Å². The fraction of sp³-hybridized carbons (Fsp3) is 0.500. The van der Waals surface area contributed by atoms with Crippen LogP contribution in [0.5, 0.6) is 0 Å². The zero-order chi connectivity index (χ0) is 13.3. The highest BCUT2D eigenvalue weighted by atomic mass is 32.2. The van der Waals surface area contributed by atoms with Gasteiger partial charge in [-0.1, -0.05) is 0 Å². The number of nitrogens with two attached hydrogens (primary N) is 1. The van der Waals surface area contributed by atoms with E-state index in [0.717, 1.165) is 11.3 Å². The Labute approximate surface area is 109 Å². The van der Waals surface area contributed by atoms with Crippen LogP contribution in [0.15, 0.2) is 16.3 Å². The number of carbonyl (C=O) groups is 1. The van der Waals surface area contributed by atoms with Gasteiger partial charge in [-0.05, 0) is 17.9 Å². The van der Waals surface area contributed by atoms with Gasteiger partial charge in [0.1, 0.15) is 9.77 Å². The molecule has 1 aliphatic heterocycles. The molecule has 0 spiro atoms. The van der Waals surface area contributed by atoms with Gasteiger partial charge in [-0.25, -0.2) is 13.2 Å². The summed E-state index contributed by atoms with van der Waals surface area (Å²) in [6, 6.07) is 1.29. The molecule has 1 aromatic rings. The van der Waals surface area contributed by atoms with Crippen LogP contribution >= 0.6 is 11.3 Å². The van der Waals surface area contributed by atoms with Crippen LogP contribution < -0.4 is 5.73 Å². The second kappa shape index (κ2) is 4.96. The summed E-state index contributed by atoms with van der Waals surface area (Å²) in [5, 5.41) is 1.56. The molecule has 1 unspecified atom stereocenters. The number of esters is 1. The third kappa shape index (κ3) is 2.28. The molecule has 100 valence electrons. The van der Waals surface area contributed by atoms with Crippen molar-refractivity contribution in [2.45, 2.75) is 17.4 Å². The highest BCUT2D eigenvalue weighted by Gasteiger charge is 2.34. The summed E-state index contributed by atoms with van der Waals surface area (Å²) in [6.45, 7) is 0.679. The first-order valence-corrected chi connectivity index (χ1v) is 7.70. The first kappa shape index (κ1) is 13.5. The smallest absolute Gasteiger partial charge is 0.349 e. The van der Waals surface area contributed by atoms with Crippen molar-refractivity contribution in [3.63, 3.8) is 0 Å². The summed E-state index contributed by atoms with van der Waals surface area (Å²) in [4.78, 5) is 11.6. The highest BCUT2D eigenvalue weighted by Crippen LogP contribution is 2.27. The quantitative estimate of drug-likeness (QED) is 0.806. The number of sulfonamides is 1. The van der Waals surface area contributed by atoms with Crippen LogP contribution in [-0.2, 0) is 14.8 Å². The van der Waals surface area contributed by atoms with Crippen LogP contribution in [0.4, 0.5) is 0 Å². The molecule has 1 fully saturated rings. The lowest BCUT2D eigenvalue weighted by Crippen LogP contribution is -2.32. The molecule has 2 heterocycles. The van der Waals surface area contributed by atoms with Gasteiger partial charge in [-0.15, -0.1) is 11.3 Å². The zero-order valence-electron chi connectivity index (χ0n) is 9.83. The van der Waals surface area contributed by atoms with Crippen molar-refractivity contribution in [3.05, 3.63) is 16.3 Å². The number of methoxy groups -OCH3 is 1. The zero-order valence-corrected chi connectivity index (χ0v) is 11.5. The molecule has 0 aromatic carbocycles. The fourth-order valence-corrected chi connectivity index (χ4v) is 4.67. The van der Waals surface area contributed by atoms with Crippen LogP contribution in [0.3, 0.4) is 0 Å². The number of hydrogen-bond acceptors (Lipinski definition) is 6. The molecule has 0 amide bonds. The predicted molar refractivity (Wildman–Crippen MR) is 67.0 cm³/mol. The highest BCUT2D eigenvalue weighted by molar-refractivity contribution is 7.89. The maximum atomic E-state index is 12.4. The Balaban J connectivity index is 2.36. The van der Waals surface area contributed by atoms with Gasteiger partial charge in [0.05, 0.1) is 7.11 Å². The number of rotatable bonds is 3. The Bertz CT molecular complexity index is 552. The Kier molecular flexibility index (Phi) is 3.71. The predicted octanol–water partition coefficient (Wildman–Crippen LogP) is 0.256. The van der Waals surface area contributed by atoms with Gasteiger partial charge in [-0.2, -0.15) is 4.31 Å². The minimum Gasteiger partial charge on any atom is -0.465 e. The molecule has 0 aliphatic carbocycles. The molecule has 1 atom stereocenters. The van der Waals surface area contributed by atoms with Gasteiger partial charge in [-0.3, -0.25) is 0 Å². The molecule has 1 aliphatic rings. The maximum Gasteiger partial charge on any atom is 0.349 e. The standard InChI is InChI=1S/C10H14N2O4S2/c1-16-10(13)9-8(3-5-17-9)18(14,15)12-4-2-7(11)6-12/h3,5,7H,2,4,6,11H2,1H3. The monoisotopic (exact) mass is 290 g/mol. The van der Waals surface area contributed by atoms with Crippen LogP contribution in [0.1, 0.15) is 16.1 Å². The Hall–Kier alpha value is -0.960. The molecule has 18 heavy (non-hydrogen) atoms. The largest absolute Gasteiger partial charge is 0.465 e. The SMILES string of the molecule is COC(=O)c1sccc1S(=O)(=O)N1CCC(N)C1. The van der Waals surface area contributed by atoms with Crippen LogP contribution in [0.25, 0.3) is 0 Å². The molecule has 2 N–H and O–H groups in total. The molecule has 0 saturated carbocycles. The van der Waals surface area contributed by atoms with Crippen LogP contribution in [0, 0.1) is 0 Å². The normalized spacial score (nSPS) is 21.1. The van der Waals surface area contributed by atoms with E-state index in [4.69, 9.17) is 5.73 Å². The molecule has 0 bridgehead atoms. The molecule has 1 aromatic heterocycles. The minimum absolute atomic E-state index is 0.00782. The lowest BCUT2D eigenvalue weighted by Gasteiger charge is -2.15. The molecule has 8 heteroatoms. The third-order valence-corrected chi connectivity index (χ3v) is 5.74. The molecule has 0 radical (unpaired) electrons. The number of nitrogens with zero attached hydrogens (tertiary/aromatic N) is 1. The molecule has 2 rings (SSSR count). The van der Waals surface area contributed by atoms with Crippen LogP contribution in [-0.4, -0.2) is 44.9 Å². The maximum absolute atomic E-state index is 12.4. The Morgan fingerprint density at radius 1 is 1.61 bits per heavy atom. The van der Waals surface area contributed by atoms with Gasteiger partial charge in [0.2, 0.25) is 10.0 Å². The van der Waals surface area contributed by atoms with E-state index in [2.05, 4.69) is 4.74 Å². The average molecular weight is 290 g/mol. The van der Waals surface area contributed by atoms with Gasteiger partial charge in [0.15, 0.2) is 0 Å². The summed E-state index contributed by atoms with van der Waals surface area (Å²) >= 11 is 1.06. The van der Waals surface area contributed by atoms with Crippen molar-refractivity contribution in [1.29, 1.82) is 0 Å².